The van der Waals surface area contributed by atoms with Crippen LogP contribution in [0.5, 0.6) is 0 Å². The Balaban J connectivity index is 3.45. The average Bonchev–Trinajstić information content (AvgIpc) is 2.14. The molecular formula is C8H7F3N2O2S. The van der Waals surface area contributed by atoms with Gasteiger partial charge in [-0.25, -0.2) is 0 Å². The lowest BCUT2D eigenvalue weighted by molar-refractivity contribution is -0.388. The van der Waals surface area contributed by atoms with Gasteiger partial charge in [0.25, 0.3) is 5.69 Å². The van der Waals surface area contributed by atoms with E-state index in [1.807, 2.05) is 0 Å². The van der Waals surface area contributed by atoms with Crippen molar-refractivity contribution in [3.8, 4) is 0 Å². The second-order valence-corrected chi connectivity index (χ2v) is 3.71. The minimum atomic E-state index is -4.69. The van der Waals surface area contributed by atoms with Crippen LogP contribution in [0.1, 0.15) is 5.56 Å². The number of nitro benzene ring substituents is 1. The second-order valence-electron chi connectivity index (χ2n) is 2.87. The number of halogens is 3. The van der Waals surface area contributed by atoms with Gasteiger partial charge >= 0.3 is 6.18 Å². The number of nitro groups is 1. The summed E-state index contributed by atoms with van der Waals surface area (Å²) in [7, 11) is 0. The van der Waals surface area contributed by atoms with E-state index in [0.29, 0.717) is 6.07 Å². The lowest BCUT2D eigenvalue weighted by Crippen LogP contribution is -2.10. The number of nitrogens with two attached hydrogens (primary N) is 1. The maximum absolute atomic E-state index is 12.4. The van der Waals surface area contributed by atoms with Gasteiger partial charge in [0.05, 0.1) is 15.4 Å². The van der Waals surface area contributed by atoms with E-state index in [1.165, 1.54) is 6.26 Å². The summed E-state index contributed by atoms with van der Waals surface area (Å²) in [4.78, 5) is 9.80. The lowest BCUT2D eigenvalue weighted by Gasteiger charge is -2.10. The third-order valence-corrected chi connectivity index (χ3v) is 2.62. The summed E-state index contributed by atoms with van der Waals surface area (Å²) in [5.74, 6) is 0. The molecule has 0 atom stereocenters. The number of anilines is 1. The number of nitrogens with zero attached hydrogens (tertiary/aromatic N) is 1. The molecule has 8 heteroatoms. The second kappa shape index (κ2) is 4.20. The van der Waals surface area contributed by atoms with Gasteiger partial charge in [0, 0.05) is 11.8 Å². The molecular weight excluding hydrogens is 245 g/mol. The first kappa shape index (κ1) is 12.6. The number of nitrogen functional groups attached to an aromatic ring is 1. The first-order valence-electron chi connectivity index (χ1n) is 3.96. The molecule has 1 aromatic rings. The minimum absolute atomic E-state index is 0.107. The van der Waals surface area contributed by atoms with Gasteiger partial charge in [-0.15, -0.1) is 11.8 Å². The third kappa shape index (κ3) is 2.38. The van der Waals surface area contributed by atoms with E-state index >= 15 is 0 Å². The fourth-order valence-corrected chi connectivity index (χ4v) is 1.72. The highest BCUT2D eigenvalue weighted by atomic mass is 32.2. The summed E-state index contributed by atoms with van der Waals surface area (Å²) in [6.07, 6.45) is -3.17. The number of hydrogen-bond acceptors (Lipinski definition) is 4. The zero-order chi connectivity index (χ0) is 12.5. The van der Waals surface area contributed by atoms with Gasteiger partial charge in [-0.1, -0.05) is 0 Å². The van der Waals surface area contributed by atoms with Crippen molar-refractivity contribution < 1.29 is 18.1 Å². The Morgan fingerprint density at radius 2 is 2.00 bits per heavy atom. The quantitative estimate of drug-likeness (QED) is 0.380. The Morgan fingerprint density at radius 1 is 1.44 bits per heavy atom. The summed E-state index contributed by atoms with van der Waals surface area (Å²) in [6.45, 7) is 0. The van der Waals surface area contributed by atoms with E-state index in [1.54, 1.807) is 0 Å². The van der Waals surface area contributed by atoms with Crippen molar-refractivity contribution in [3.63, 3.8) is 0 Å². The number of thioether (sulfide) groups is 1. The average molecular weight is 252 g/mol. The molecule has 16 heavy (non-hydrogen) atoms. The number of rotatable bonds is 2. The van der Waals surface area contributed by atoms with Crippen LogP contribution in [0.15, 0.2) is 17.0 Å². The summed E-state index contributed by atoms with van der Waals surface area (Å²) >= 11 is 0.968. The van der Waals surface area contributed by atoms with Crippen molar-refractivity contribution >= 4 is 23.1 Å². The van der Waals surface area contributed by atoms with E-state index in [-0.39, 0.29) is 4.90 Å². The smallest absolute Gasteiger partial charge is 0.398 e. The van der Waals surface area contributed by atoms with Crippen molar-refractivity contribution in [2.45, 2.75) is 11.1 Å². The molecule has 0 aliphatic rings. The van der Waals surface area contributed by atoms with Gasteiger partial charge in [-0.2, -0.15) is 13.2 Å². The Labute approximate surface area is 92.8 Å². The normalized spacial score (nSPS) is 11.5. The maximum atomic E-state index is 12.4. The first-order chi connectivity index (χ1) is 7.27. The van der Waals surface area contributed by atoms with Crippen LogP contribution in [0.4, 0.5) is 24.5 Å². The summed E-state index contributed by atoms with van der Waals surface area (Å²) in [6, 6.07) is 1.42. The summed E-state index contributed by atoms with van der Waals surface area (Å²) in [5, 5.41) is 10.6. The molecule has 0 saturated carbocycles. The predicted octanol–water partition coefficient (Wildman–Crippen LogP) is 2.92. The van der Waals surface area contributed by atoms with E-state index in [9.17, 15) is 23.3 Å². The zero-order valence-corrected chi connectivity index (χ0v) is 8.85. The molecule has 0 saturated heterocycles. The van der Waals surface area contributed by atoms with Gasteiger partial charge < -0.3 is 5.73 Å². The third-order valence-electron chi connectivity index (χ3n) is 1.85. The van der Waals surface area contributed by atoms with Crippen LogP contribution in [-0.2, 0) is 6.18 Å². The SMILES string of the molecule is CSc1cc(N)c(C(F)(F)F)cc1[N+](=O)[O-]. The molecule has 88 valence electrons. The fraction of sp³-hybridized carbons (Fsp3) is 0.250. The van der Waals surface area contributed by atoms with E-state index in [0.717, 1.165) is 17.8 Å². The van der Waals surface area contributed by atoms with Crippen molar-refractivity contribution in [3.05, 3.63) is 27.8 Å². The highest BCUT2D eigenvalue weighted by molar-refractivity contribution is 7.98. The Morgan fingerprint density at radius 3 is 2.38 bits per heavy atom. The maximum Gasteiger partial charge on any atom is 0.418 e. The monoisotopic (exact) mass is 252 g/mol. The highest BCUT2D eigenvalue weighted by Gasteiger charge is 2.35. The summed E-state index contributed by atoms with van der Waals surface area (Å²) < 4.78 is 37.3. The Bertz CT molecular complexity index is 434. The molecule has 0 spiro atoms. The standard InChI is InChI=1S/C8H7F3N2O2S/c1-16-7-3-5(12)4(8(9,10)11)2-6(7)13(14)15/h2-3H,12H2,1H3. The van der Waals surface area contributed by atoms with Gasteiger partial charge in [0.1, 0.15) is 0 Å². The van der Waals surface area contributed by atoms with Crippen LogP contribution in [0.3, 0.4) is 0 Å². The topological polar surface area (TPSA) is 69.2 Å². The number of benzene rings is 1. The largest absolute Gasteiger partial charge is 0.418 e. The fourth-order valence-electron chi connectivity index (χ4n) is 1.14. The molecule has 0 fully saturated rings. The Kier molecular flexibility index (Phi) is 3.32. The number of hydrogen-bond donors (Lipinski definition) is 1. The van der Waals surface area contributed by atoms with Crippen LogP contribution in [0.25, 0.3) is 0 Å². The van der Waals surface area contributed by atoms with Gasteiger partial charge in [-0.05, 0) is 12.3 Å². The van der Waals surface area contributed by atoms with Crippen LogP contribution in [0.2, 0.25) is 0 Å². The zero-order valence-electron chi connectivity index (χ0n) is 8.04. The molecule has 1 rings (SSSR count). The first-order valence-corrected chi connectivity index (χ1v) is 5.19. The molecule has 4 nitrogen and oxygen atoms in total. The van der Waals surface area contributed by atoms with Crippen LogP contribution in [0, 0.1) is 10.1 Å². The molecule has 0 aliphatic heterocycles. The molecule has 2 N–H and O–H groups in total. The summed E-state index contributed by atoms with van der Waals surface area (Å²) in [5.41, 5.74) is 2.91. The lowest BCUT2D eigenvalue weighted by atomic mass is 10.1. The van der Waals surface area contributed by atoms with Gasteiger partial charge in [0.15, 0.2) is 0 Å². The molecule has 0 heterocycles. The molecule has 0 aliphatic carbocycles. The molecule has 1 aromatic carbocycles. The molecule has 0 aromatic heterocycles. The van der Waals surface area contributed by atoms with Crippen LogP contribution >= 0.6 is 11.8 Å². The molecule has 0 unspecified atom stereocenters. The van der Waals surface area contributed by atoms with Gasteiger partial charge in [0.2, 0.25) is 0 Å². The molecule has 0 amide bonds. The van der Waals surface area contributed by atoms with Crippen molar-refractivity contribution in [1.29, 1.82) is 0 Å². The van der Waals surface area contributed by atoms with Crippen molar-refractivity contribution in [1.82, 2.24) is 0 Å². The molecule has 0 radical (unpaired) electrons. The van der Waals surface area contributed by atoms with Crippen LogP contribution < -0.4 is 5.73 Å². The highest BCUT2D eigenvalue weighted by Crippen LogP contribution is 2.39. The number of alkyl halides is 3. The van der Waals surface area contributed by atoms with E-state index in [2.05, 4.69) is 0 Å². The predicted molar refractivity (Wildman–Crippen MR) is 54.3 cm³/mol. The molecule has 0 bridgehead atoms. The van der Waals surface area contributed by atoms with E-state index < -0.39 is 28.0 Å². The van der Waals surface area contributed by atoms with Gasteiger partial charge in [-0.3, -0.25) is 10.1 Å². The van der Waals surface area contributed by atoms with Crippen molar-refractivity contribution in [2.24, 2.45) is 0 Å². The van der Waals surface area contributed by atoms with E-state index in [4.69, 9.17) is 5.73 Å². The minimum Gasteiger partial charge on any atom is -0.398 e. The Hall–Kier alpha value is -1.44. The van der Waals surface area contributed by atoms with Crippen LogP contribution in [-0.4, -0.2) is 11.2 Å². The van der Waals surface area contributed by atoms with Crippen molar-refractivity contribution in [2.75, 3.05) is 12.0 Å².